The van der Waals surface area contributed by atoms with Gasteiger partial charge in [-0.05, 0) is 80.2 Å². The molecule has 2 aliphatic rings. The highest BCUT2D eigenvalue weighted by Gasteiger charge is 2.37. The van der Waals surface area contributed by atoms with Crippen LogP contribution in [0.15, 0.2) is 54.4 Å². The van der Waals surface area contributed by atoms with Gasteiger partial charge < -0.3 is 19.1 Å². The summed E-state index contributed by atoms with van der Waals surface area (Å²) in [6.45, 7) is 8.79. The van der Waals surface area contributed by atoms with Crippen LogP contribution in [0.1, 0.15) is 44.7 Å². The number of aryl methyl sites for hydroxylation is 1. The summed E-state index contributed by atoms with van der Waals surface area (Å²) in [5.41, 5.74) is 4.30. The first-order chi connectivity index (χ1) is 18.8. The van der Waals surface area contributed by atoms with Crippen LogP contribution < -0.4 is 9.64 Å². The number of ether oxygens (including phenoxy) is 1. The lowest BCUT2D eigenvalue weighted by molar-refractivity contribution is -0.133. The molecule has 2 amide bonds. The number of fused-ring (bicyclic) bond motifs is 1. The van der Waals surface area contributed by atoms with Crippen LogP contribution in [0.25, 0.3) is 17.0 Å². The number of benzene rings is 2. The van der Waals surface area contributed by atoms with Crippen molar-refractivity contribution in [3.8, 4) is 5.75 Å². The van der Waals surface area contributed by atoms with E-state index in [-0.39, 0.29) is 18.4 Å². The lowest BCUT2D eigenvalue weighted by Crippen LogP contribution is -2.39. The average Bonchev–Trinajstić information content (AvgIpc) is 3.39. The molecule has 3 aromatic rings. The Morgan fingerprint density at radius 2 is 1.82 bits per heavy atom. The Balaban J connectivity index is 1.49. The number of likely N-dealkylation sites (tertiary alicyclic amines) is 1. The number of carbonyl (C=O) groups excluding carboxylic acids is 2. The number of nitrogens with zero attached hydrogens (tertiary/aromatic N) is 4. The fourth-order valence-corrected chi connectivity index (χ4v) is 5.77. The number of thiocarbonyl (C=S) groups is 1. The van der Waals surface area contributed by atoms with Crippen molar-refractivity contribution in [3.63, 3.8) is 0 Å². The van der Waals surface area contributed by atoms with Crippen molar-refractivity contribution in [2.75, 3.05) is 31.6 Å². The zero-order valence-electron chi connectivity index (χ0n) is 23.1. The maximum Gasteiger partial charge on any atom is 0.281 e. The van der Waals surface area contributed by atoms with E-state index in [1.165, 1.54) is 5.56 Å². The van der Waals surface area contributed by atoms with Gasteiger partial charge >= 0.3 is 0 Å². The van der Waals surface area contributed by atoms with Gasteiger partial charge in [0, 0.05) is 37.3 Å². The minimum atomic E-state index is -0.183. The van der Waals surface area contributed by atoms with Gasteiger partial charge in [-0.1, -0.05) is 32.0 Å². The maximum absolute atomic E-state index is 13.6. The summed E-state index contributed by atoms with van der Waals surface area (Å²) in [7, 11) is 1.82. The number of anilines is 1. The number of para-hydroxylation sites is 1. The smallest absolute Gasteiger partial charge is 0.281 e. The molecule has 0 saturated carbocycles. The zero-order chi connectivity index (χ0) is 27.7. The number of carbonyl (C=O) groups is 2. The maximum atomic E-state index is 13.6. The van der Waals surface area contributed by atoms with Crippen molar-refractivity contribution in [3.05, 3.63) is 65.5 Å². The number of hydrogen-bond acceptors (Lipinski definition) is 4. The Morgan fingerprint density at radius 3 is 2.49 bits per heavy atom. The van der Waals surface area contributed by atoms with Crippen molar-refractivity contribution >= 4 is 51.8 Å². The molecule has 0 atom stereocenters. The first-order valence-corrected chi connectivity index (χ1v) is 14.2. The van der Waals surface area contributed by atoms with Crippen LogP contribution in [0.5, 0.6) is 5.75 Å². The van der Waals surface area contributed by atoms with Gasteiger partial charge in [0.05, 0.1) is 17.8 Å². The second-order valence-electron chi connectivity index (χ2n) is 10.4. The van der Waals surface area contributed by atoms with Gasteiger partial charge in [0.25, 0.3) is 5.91 Å². The van der Waals surface area contributed by atoms with Crippen LogP contribution in [0.3, 0.4) is 0 Å². The van der Waals surface area contributed by atoms with E-state index in [4.69, 9.17) is 17.0 Å². The van der Waals surface area contributed by atoms with Crippen molar-refractivity contribution in [1.82, 2.24) is 14.4 Å². The first-order valence-electron chi connectivity index (χ1n) is 13.8. The van der Waals surface area contributed by atoms with Gasteiger partial charge in [-0.25, -0.2) is 0 Å². The van der Waals surface area contributed by atoms with Gasteiger partial charge in [0.15, 0.2) is 5.11 Å². The normalized spacial score (nSPS) is 17.6. The predicted octanol–water partition coefficient (Wildman–Crippen LogP) is 5.47. The molecule has 0 aliphatic carbocycles. The molecular formula is C31H36N4O3S. The molecule has 0 spiro atoms. The fourth-order valence-electron chi connectivity index (χ4n) is 5.48. The van der Waals surface area contributed by atoms with Gasteiger partial charge in [-0.3, -0.25) is 14.5 Å². The number of piperidine rings is 1. The Kier molecular flexibility index (Phi) is 7.75. The van der Waals surface area contributed by atoms with Crippen molar-refractivity contribution in [2.24, 2.45) is 5.92 Å². The average molecular weight is 545 g/mol. The van der Waals surface area contributed by atoms with Crippen LogP contribution in [0.2, 0.25) is 0 Å². The molecule has 0 bridgehead atoms. The van der Waals surface area contributed by atoms with E-state index in [1.807, 2.05) is 61.5 Å². The molecule has 0 N–H and O–H groups in total. The monoisotopic (exact) mass is 544 g/mol. The Hall–Kier alpha value is -3.65. The molecule has 2 fully saturated rings. The number of rotatable bonds is 7. The molecule has 7 nitrogen and oxygen atoms in total. The van der Waals surface area contributed by atoms with E-state index < -0.39 is 0 Å². The number of aromatic nitrogens is 1. The summed E-state index contributed by atoms with van der Waals surface area (Å²) in [4.78, 5) is 32.2. The Morgan fingerprint density at radius 1 is 1.10 bits per heavy atom. The summed E-state index contributed by atoms with van der Waals surface area (Å²) in [6.07, 6.45) is 6.85. The zero-order valence-corrected chi connectivity index (χ0v) is 24.0. The molecule has 204 valence electrons. The molecule has 5 rings (SSSR count). The third-order valence-corrected chi connectivity index (χ3v) is 8.25. The highest BCUT2D eigenvalue weighted by Crippen LogP contribution is 2.32. The summed E-state index contributed by atoms with van der Waals surface area (Å²) in [5.74, 6) is 1.37. The molecule has 39 heavy (non-hydrogen) atoms. The molecular weight excluding hydrogens is 508 g/mol. The Bertz CT molecular complexity index is 1430. The van der Waals surface area contributed by atoms with Crippen LogP contribution in [0, 0.1) is 5.92 Å². The van der Waals surface area contributed by atoms with Crippen LogP contribution in [-0.2, 0) is 22.6 Å². The fraction of sp³-hybridized carbons (Fsp3) is 0.387. The summed E-state index contributed by atoms with van der Waals surface area (Å²) in [6, 6.07) is 13.6. The van der Waals surface area contributed by atoms with E-state index in [1.54, 1.807) is 9.80 Å². The second-order valence-corrected chi connectivity index (χ2v) is 10.7. The SMILES string of the molecule is CCOc1ccc(N2C(=O)/C(=C/c3cn(CC(=O)N4CCC(C)CC4)c4c(CC)cccc34)N(C)C2=S)cc1. The first kappa shape index (κ1) is 26.9. The summed E-state index contributed by atoms with van der Waals surface area (Å²) < 4.78 is 7.60. The molecule has 2 aliphatic heterocycles. The standard InChI is InChI=1S/C31H36N4O3S/c1-5-22-8-7-9-26-23(19-34(29(22)26)20-28(36)33-16-14-21(3)15-17-33)18-27-30(37)35(31(39)32(27)4)24-10-12-25(13-11-24)38-6-2/h7-13,18-19,21H,5-6,14-17,20H2,1-4H3/b27-18-. The van der Waals surface area contributed by atoms with E-state index in [9.17, 15) is 9.59 Å². The highest BCUT2D eigenvalue weighted by molar-refractivity contribution is 7.80. The van der Waals surface area contributed by atoms with Crippen LogP contribution >= 0.6 is 12.2 Å². The molecule has 0 unspecified atom stereocenters. The molecule has 2 aromatic carbocycles. The van der Waals surface area contributed by atoms with E-state index in [0.717, 1.165) is 54.6 Å². The van der Waals surface area contributed by atoms with E-state index >= 15 is 0 Å². The molecule has 3 heterocycles. The number of amides is 2. The number of likely N-dealkylation sites (N-methyl/N-ethyl adjacent to an activating group) is 1. The molecule has 0 radical (unpaired) electrons. The molecule has 8 heteroatoms. The van der Waals surface area contributed by atoms with Gasteiger partial charge in [-0.2, -0.15) is 0 Å². The third-order valence-electron chi connectivity index (χ3n) is 7.80. The van der Waals surface area contributed by atoms with Crippen molar-refractivity contribution in [2.45, 2.75) is 46.6 Å². The summed E-state index contributed by atoms with van der Waals surface area (Å²) in [5, 5.41) is 1.44. The van der Waals surface area contributed by atoms with Gasteiger partial charge in [0.1, 0.15) is 18.0 Å². The van der Waals surface area contributed by atoms with E-state index in [2.05, 4.69) is 30.5 Å². The number of hydrogen-bond donors (Lipinski definition) is 0. The van der Waals surface area contributed by atoms with Crippen LogP contribution in [-0.4, -0.2) is 58.0 Å². The van der Waals surface area contributed by atoms with Crippen molar-refractivity contribution in [1.29, 1.82) is 0 Å². The molecule has 1 aromatic heterocycles. The largest absolute Gasteiger partial charge is 0.494 e. The second kappa shape index (κ2) is 11.2. The minimum Gasteiger partial charge on any atom is -0.494 e. The third kappa shape index (κ3) is 5.17. The topological polar surface area (TPSA) is 58.0 Å². The van der Waals surface area contributed by atoms with E-state index in [0.29, 0.717) is 29.0 Å². The summed E-state index contributed by atoms with van der Waals surface area (Å²) >= 11 is 5.68. The quantitative estimate of drug-likeness (QED) is 0.292. The van der Waals surface area contributed by atoms with Crippen molar-refractivity contribution < 1.29 is 14.3 Å². The predicted molar refractivity (Wildman–Crippen MR) is 160 cm³/mol. The highest BCUT2D eigenvalue weighted by atomic mass is 32.1. The van der Waals surface area contributed by atoms with Gasteiger partial charge in [0.2, 0.25) is 5.91 Å². The minimum absolute atomic E-state index is 0.140. The lowest BCUT2D eigenvalue weighted by Gasteiger charge is -2.30. The van der Waals surface area contributed by atoms with Gasteiger partial charge in [-0.15, -0.1) is 0 Å². The van der Waals surface area contributed by atoms with Crippen LogP contribution in [0.4, 0.5) is 5.69 Å². The lowest BCUT2D eigenvalue weighted by atomic mass is 9.99. The Labute approximate surface area is 235 Å². The molecule has 2 saturated heterocycles.